The number of carbonyl (C=O) groups excluding carboxylic acids is 1. The number of aldehydes is 1. The van der Waals surface area contributed by atoms with Gasteiger partial charge >= 0.3 is 0 Å². The fourth-order valence-electron chi connectivity index (χ4n) is 4.37. The van der Waals surface area contributed by atoms with Gasteiger partial charge in [-0.15, -0.1) is 0 Å². The van der Waals surface area contributed by atoms with Crippen LogP contribution in [0.1, 0.15) is 37.0 Å². The predicted molar refractivity (Wildman–Crippen MR) is 138 cm³/mol. The van der Waals surface area contributed by atoms with E-state index in [9.17, 15) is 18.8 Å². The molecule has 10 heteroatoms. The number of rotatable bonds is 6. The lowest BCUT2D eigenvalue weighted by atomic mass is 10.0. The van der Waals surface area contributed by atoms with Crippen LogP contribution < -0.4 is 15.3 Å². The van der Waals surface area contributed by atoms with Crippen molar-refractivity contribution in [3.63, 3.8) is 0 Å². The monoisotopic (exact) mass is 518 g/mol. The second-order valence-electron chi connectivity index (χ2n) is 8.86. The molecule has 7 nitrogen and oxygen atoms in total. The number of benzene rings is 1. The number of carbonyl (C=O) groups is 1. The third-order valence-corrected chi connectivity index (χ3v) is 6.19. The largest absolute Gasteiger partial charge is 0.332 e. The summed E-state index contributed by atoms with van der Waals surface area (Å²) in [6.07, 6.45) is 5.58. The van der Waals surface area contributed by atoms with Gasteiger partial charge in [-0.2, -0.15) is 5.26 Å². The molecule has 0 atom stereocenters. The molecule has 1 aliphatic rings. The number of hydrogen-bond acceptors (Lipinski definition) is 6. The summed E-state index contributed by atoms with van der Waals surface area (Å²) in [6, 6.07) is 9.02. The summed E-state index contributed by atoms with van der Waals surface area (Å²) in [7, 11) is 1.63. The van der Waals surface area contributed by atoms with Crippen molar-refractivity contribution < 1.29 is 18.0 Å². The van der Waals surface area contributed by atoms with Gasteiger partial charge in [0, 0.05) is 49.4 Å². The maximum absolute atomic E-state index is 15.4. The van der Waals surface area contributed by atoms with Gasteiger partial charge in [0.05, 0.1) is 23.0 Å². The molecule has 0 bridgehead atoms. The highest BCUT2D eigenvalue weighted by molar-refractivity contribution is 5.92. The molecule has 1 aromatic carbocycles. The Morgan fingerprint density at radius 1 is 1.24 bits per heavy atom. The van der Waals surface area contributed by atoms with Crippen molar-refractivity contribution in [2.45, 2.75) is 33.1 Å². The molecule has 194 valence electrons. The maximum Gasteiger partial charge on any atom is 0.271 e. The second kappa shape index (κ2) is 10.0. The number of allylic oxidation sites excluding steroid dienone is 2. The Morgan fingerprint density at radius 2 is 1.97 bits per heavy atom. The number of anilines is 4. The van der Waals surface area contributed by atoms with E-state index in [4.69, 9.17) is 0 Å². The van der Waals surface area contributed by atoms with Crippen molar-refractivity contribution in [1.29, 1.82) is 5.26 Å². The van der Waals surface area contributed by atoms with Gasteiger partial charge in [0.2, 0.25) is 0 Å². The zero-order valence-corrected chi connectivity index (χ0v) is 21.3. The third kappa shape index (κ3) is 4.59. The van der Waals surface area contributed by atoms with E-state index in [2.05, 4.69) is 16.6 Å². The molecule has 0 N–H and O–H groups in total. The highest BCUT2D eigenvalue weighted by atomic mass is 19.3. The molecule has 0 aliphatic carbocycles. The van der Waals surface area contributed by atoms with Crippen molar-refractivity contribution >= 4 is 29.2 Å². The smallest absolute Gasteiger partial charge is 0.271 e. The predicted octanol–water partition coefficient (Wildman–Crippen LogP) is 6.01. The van der Waals surface area contributed by atoms with Gasteiger partial charge in [-0.05, 0) is 49.2 Å². The van der Waals surface area contributed by atoms with Crippen LogP contribution in [0.5, 0.6) is 0 Å². The molecule has 0 unspecified atom stereocenters. The number of fused-ring (bicyclic) bond motifs is 1. The van der Waals surface area contributed by atoms with E-state index >= 15 is 4.39 Å². The van der Waals surface area contributed by atoms with Crippen molar-refractivity contribution in [2.75, 3.05) is 9.80 Å². The Kier molecular flexibility index (Phi) is 6.96. The van der Waals surface area contributed by atoms with Crippen molar-refractivity contribution in [2.24, 2.45) is 12.0 Å². The minimum atomic E-state index is -3.25. The van der Waals surface area contributed by atoms with Gasteiger partial charge in [0.25, 0.3) is 5.92 Å². The Hall–Kier alpha value is -4.65. The molecule has 0 saturated heterocycles. The van der Waals surface area contributed by atoms with E-state index in [1.807, 2.05) is 19.9 Å². The zero-order chi connectivity index (χ0) is 27.8. The van der Waals surface area contributed by atoms with E-state index < -0.39 is 17.3 Å². The zero-order valence-electron chi connectivity index (χ0n) is 21.3. The van der Waals surface area contributed by atoms with Crippen LogP contribution in [0.25, 0.3) is 0 Å². The lowest BCUT2D eigenvalue weighted by molar-refractivity contribution is -0.104. The van der Waals surface area contributed by atoms with Crippen LogP contribution in [0, 0.1) is 24.1 Å². The molecule has 2 aromatic heterocycles. The molecule has 0 fully saturated rings. The quantitative estimate of drug-likeness (QED) is 0.295. The van der Waals surface area contributed by atoms with Crippen LogP contribution in [0.2, 0.25) is 0 Å². The molecule has 0 saturated carbocycles. The molecular formula is C28H25F3N6O. The van der Waals surface area contributed by atoms with Crippen LogP contribution >= 0.6 is 0 Å². The number of halogens is 3. The van der Waals surface area contributed by atoms with Gasteiger partial charge < -0.3 is 4.57 Å². The van der Waals surface area contributed by atoms with Gasteiger partial charge in [0.15, 0.2) is 17.1 Å². The van der Waals surface area contributed by atoms with E-state index in [0.29, 0.717) is 47.1 Å². The van der Waals surface area contributed by atoms with Crippen LogP contribution in [0.3, 0.4) is 0 Å². The Balaban J connectivity index is 1.90. The number of nitrogens with zero attached hydrogens (tertiary/aromatic N) is 6. The summed E-state index contributed by atoms with van der Waals surface area (Å²) in [4.78, 5) is 22.9. The molecule has 4 rings (SSSR count). The summed E-state index contributed by atoms with van der Waals surface area (Å²) >= 11 is 0. The average molecular weight is 519 g/mol. The average Bonchev–Trinajstić information content (AvgIpc) is 3.17. The van der Waals surface area contributed by atoms with Crippen LogP contribution in [-0.2, 0) is 17.8 Å². The molecule has 3 heterocycles. The van der Waals surface area contributed by atoms with E-state index in [-0.39, 0.29) is 11.1 Å². The first-order valence-electron chi connectivity index (χ1n) is 11.7. The highest BCUT2D eigenvalue weighted by Gasteiger charge is 2.37. The third-order valence-electron chi connectivity index (χ3n) is 6.19. The molecule has 38 heavy (non-hydrogen) atoms. The number of alkyl halides is 2. The summed E-state index contributed by atoms with van der Waals surface area (Å²) in [6.45, 7) is 8.58. The summed E-state index contributed by atoms with van der Waals surface area (Å²) in [5.41, 5.74) is 2.04. The van der Waals surface area contributed by atoms with Crippen LogP contribution in [-0.4, -0.2) is 15.8 Å². The standard InChI is InChI=1S/C28H25F3N6O/c1-6-20(10-12-38)34-26-24(29)14-22(16-35(26)5)36-18(3)37(27-25(36)17(2)9-11-33-27)21-8-7-19(15-32)23(13-21)28(4,30)31/h7-14,16H,3,6H2,1-2,4-5H3/b20-10-,34-26-. The molecule has 3 aromatic rings. The lowest BCUT2D eigenvalue weighted by Gasteiger charge is -2.25. The number of aromatic nitrogens is 2. The van der Waals surface area contributed by atoms with Crippen LogP contribution in [0.4, 0.5) is 36.1 Å². The number of hydrogen-bond donors (Lipinski definition) is 0. The van der Waals surface area contributed by atoms with Gasteiger partial charge in [-0.25, -0.2) is 23.1 Å². The first-order valence-corrected chi connectivity index (χ1v) is 11.7. The molecule has 0 amide bonds. The Bertz CT molecular complexity index is 1570. The van der Waals surface area contributed by atoms with Gasteiger partial charge in [-0.3, -0.25) is 14.6 Å². The fraction of sp³-hybridized carbons (Fsp3) is 0.214. The molecular weight excluding hydrogens is 493 g/mol. The number of aryl methyl sites for hydroxylation is 2. The minimum Gasteiger partial charge on any atom is -0.332 e. The van der Waals surface area contributed by atoms with E-state index in [1.54, 1.807) is 41.4 Å². The Labute approximate surface area is 218 Å². The summed E-state index contributed by atoms with van der Waals surface area (Å²) < 4.78 is 45.6. The topological polar surface area (TPSA) is 77.5 Å². The Morgan fingerprint density at radius 3 is 2.58 bits per heavy atom. The van der Waals surface area contributed by atoms with E-state index in [0.717, 1.165) is 12.5 Å². The first kappa shape index (κ1) is 26.4. The molecule has 0 spiro atoms. The first-order chi connectivity index (χ1) is 18.0. The van der Waals surface area contributed by atoms with Gasteiger partial charge in [0.1, 0.15) is 12.1 Å². The normalized spacial score (nSPS) is 14.1. The highest BCUT2D eigenvalue weighted by Crippen LogP contribution is 2.49. The van der Waals surface area contributed by atoms with Crippen molar-refractivity contribution in [3.05, 3.63) is 94.9 Å². The van der Waals surface area contributed by atoms with Crippen LogP contribution in [0.15, 0.2) is 71.9 Å². The molecule has 1 aliphatic heterocycles. The summed E-state index contributed by atoms with van der Waals surface area (Å²) in [5.74, 6) is -3.13. The van der Waals surface area contributed by atoms with Crippen molar-refractivity contribution in [3.8, 4) is 6.07 Å². The van der Waals surface area contributed by atoms with E-state index in [1.165, 1.54) is 28.8 Å². The van der Waals surface area contributed by atoms with Gasteiger partial charge in [-0.1, -0.05) is 13.5 Å². The SMILES string of the molecule is C=C1N(c2ccc(C#N)c(C(C)(F)F)c2)c2nccc(C)c2N1c1cc(F)/c(=N/C(=C\C=O)CC)n(C)c1. The lowest BCUT2D eigenvalue weighted by Crippen LogP contribution is -2.26. The number of nitriles is 1. The maximum atomic E-state index is 15.4. The van der Waals surface area contributed by atoms with Crippen molar-refractivity contribution in [1.82, 2.24) is 9.55 Å². The fourth-order valence-corrected chi connectivity index (χ4v) is 4.37. The summed E-state index contributed by atoms with van der Waals surface area (Å²) in [5, 5.41) is 9.35. The minimum absolute atomic E-state index is 0.0374. The molecule has 0 radical (unpaired) electrons. The second-order valence-corrected chi connectivity index (χ2v) is 8.86. The number of pyridine rings is 2.